The maximum absolute atomic E-state index is 12.4. The van der Waals surface area contributed by atoms with Crippen molar-refractivity contribution in [2.75, 3.05) is 6.54 Å². The molecule has 1 amide bonds. The lowest BCUT2D eigenvalue weighted by molar-refractivity contribution is -0.148. The van der Waals surface area contributed by atoms with Gasteiger partial charge in [-0.1, -0.05) is 41.9 Å². The number of amides is 1. The maximum atomic E-state index is 12.4. The van der Waals surface area contributed by atoms with Crippen molar-refractivity contribution in [1.29, 1.82) is 0 Å². The number of benzene rings is 2. The lowest BCUT2D eigenvalue weighted by Crippen LogP contribution is -2.36. The van der Waals surface area contributed by atoms with E-state index in [0.29, 0.717) is 14.9 Å². The average molecular weight is 380 g/mol. The number of ether oxygens (including phenoxy) is 1. The van der Waals surface area contributed by atoms with Crippen LogP contribution in [0.4, 0.5) is 0 Å². The minimum Gasteiger partial charge on any atom is -0.456 e. The van der Waals surface area contributed by atoms with Crippen LogP contribution in [0.3, 0.4) is 0 Å². The first-order valence-electron chi connectivity index (χ1n) is 7.42. The fourth-order valence-corrected chi connectivity index (χ4v) is 4.41. The van der Waals surface area contributed by atoms with Gasteiger partial charge < -0.3 is 4.74 Å². The Morgan fingerprint density at radius 3 is 2.48 bits per heavy atom. The van der Waals surface area contributed by atoms with E-state index in [-0.39, 0.29) is 10.5 Å². The van der Waals surface area contributed by atoms with E-state index in [1.165, 1.54) is 18.2 Å². The number of nitrogens with zero attached hydrogens (tertiary/aromatic N) is 1. The van der Waals surface area contributed by atoms with E-state index >= 15 is 0 Å². The van der Waals surface area contributed by atoms with Gasteiger partial charge in [-0.15, -0.1) is 0 Å². The molecule has 130 valence electrons. The van der Waals surface area contributed by atoms with Crippen molar-refractivity contribution in [3.05, 3.63) is 64.7 Å². The molecule has 3 rings (SSSR count). The molecule has 0 spiro atoms. The van der Waals surface area contributed by atoms with Crippen molar-refractivity contribution in [3.8, 4) is 0 Å². The Bertz CT molecular complexity index is 957. The van der Waals surface area contributed by atoms with Gasteiger partial charge in [0.25, 0.3) is 15.9 Å². The van der Waals surface area contributed by atoms with Crippen LogP contribution in [0, 0.1) is 0 Å². The topological polar surface area (TPSA) is 80.8 Å². The third kappa shape index (κ3) is 3.12. The Hall–Kier alpha value is -2.38. The molecule has 1 aliphatic rings. The molecule has 0 saturated heterocycles. The summed E-state index contributed by atoms with van der Waals surface area (Å²) in [4.78, 5) is 24.3. The van der Waals surface area contributed by atoms with Gasteiger partial charge in [0, 0.05) is 10.6 Å². The number of esters is 1. The van der Waals surface area contributed by atoms with Crippen molar-refractivity contribution >= 4 is 33.5 Å². The molecule has 0 aliphatic carbocycles. The standard InChI is InChI=1S/C17H14ClNO5S/c1-11(12-6-2-4-8-14(12)18)24-16(20)10-19-17(21)13-7-3-5-9-15(13)25(19,22)23/h2-9,11H,10H2,1H3. The van der Waals surface area contributed by atoms with Crippen molar-refractivity contribution in [2.24, 2.45) is 0 Å². The summed E-state index contributed by atoms with van der Waals surface area (Å²) in [5, 5.41) is 0.431. The highest BCUT2D eigenvalue weighted by Crippen LogP contribution is 2.30. The molecule has 1 atom stereocenters. The predicted octanol–water partition coefficient (Wildman–Crippen LogP) is 2.79. The Labute approximate surface area is 150 Å². The Kier molecular flexibility index (Phi) is 4.53. The van der Waals surface area contributed by atoms with Crippen LogP contribution in [-0.2, 0) is 19.6 Å². The molecule has 2 aromatic carbocycles. The van der Waals surface area contributed by atoms with Crippen LogP contribution in [0.15, 0.2) is 53.4 Å². The van der Waals surface area contributed by atoms with E-state index in [1.54, 1.807) is 37.3 Å². The molecule has 1 aliphatic heterocycles. The second-order valence-corrected chi connectivity index (χ2v) is 7.70. The van der Waals surface area contributed by atoms with Crippen LogP contribution >= 0.6 is 11.6 Å². The number of carbonyl (C=O) groups is 2. The van der Waals surface area contributed by atoms with Gasteiger partial charge in [-0.05, 0) is 25.1 Å². The number of hydrogen-bond donors (Lipinski definition) is 0. The Morgan fingerprint density at radius 1 is 1.16 bits per heavy atom. The molecular weight excluding hydrogens is 366 g/mol. The van der Waals surface area contributed by atoms with Crippen LogP contribution in [0.25, 0.3) is 0 Å². The molecule has 6 nitrogen and oxygen atoms in total. The number of fused-ring (bicyclic) bond motifs is 1. The Balaban J connectivity index is 1.76. The fraction of sp³-hybridized carbons (Fsp3) is 0.176. The third-order valence-corrected chi connectivity index (χ3v) is 5.97. The summed E-state index contributed by atoms with van der Waals surface area (Å²) in [6.07, 6.45) is -0.677. The molecular formula is C17H14ClNO5S. The number of carbonyl (C=O) groups excluding carboxylic acids is 2. The van der Waals surface area contributed by atoms with E-state index in [1.807, 2.05) is 0 Å². The number of halogens is 1. The van der Waals surface area contributed by atoms with E-state index in [2.05, 4.69) is 0 Å². The summed E-state index contributed by atoms with van der Waals surface area (Å²) in [5.41, 5.74) is 0.644. The maximum Gasteiger partial charge on any atom is 0.327 e. The molecule has 0 N–H and O–H groups in total. The van der Waals surface area contributed by atoms with E-state index in [9.17, 15) is 18.0 Å². The molecule has 2 aromatic rings. The molecule has 0 radical (unpaired) electrons. The Morgan fingerprint density at radius 2 is 1.80 bits per heavy atom. The lowest BCUT2D eigenvalue weighted by atomic mass is 10.1. The second kappa shape index (κ2) is 6.50. The molecule has 0 bridgehead atoms. The van der Waals surface area contributed by atoms with Crippen molar-refractivity contribution in [1.82, 2.24) is 4.31 Å². The quantitative estimate of drug-likeness (QED) is 0.763. The summed E-state index contributed by atoms with van der Waals surface area (Å²) < 4.78 is 30.6. The van der Waals surface area contributed by atoms with Crippen LogP contribution in [-0.4, -0.2) is 31.1 Å². The summed E-state index contributed by atoms with van der Waals surface area (Å²) >= 11 is 6.05. The highest BCUT2D eigenvalue weighted by atomic mass is 35.5. The zero-order valence-corrected chi connectivity index (χ0v) is 14.8. The zero-order chi connectivity index (χ0) is 18.2. The van der Waals surface area contributed by atoms with Crippen LogP contribution in [0.2, 0.25) is 5.02 Å². The smallest absolute Gasteiger partial charge is 0.327 e. The summed E-state index contributed by atoms with van der Waals surface area (Å²) in [7, 11) is -4.04. The van der Waals surface area contributed by atoms with Crippen molar-refractivity contribution in [2.45, 2.75) is 17.9 Å². The third-order valence-electron chi connectivity index (χ3n) is 3.84. The monoisotopic (exact) mass is 379 g/mol. The van der Waals surface area contributed by atoms with Crippen LogP contribution < -0.4 is 0 Å². The van der Waals surface area contributed by atoms with Crippen LogP contribution in [0.1, 0.15) is 28.9 Å². The minimum atomic E-state index is -4.04. The molecule has 1 heterocycles. The number of sulfonamides is 1. The van der Waals surface area contributed by atoms with Gasteiger partial charge in [-0.3, -0.25) is 9.59 Å². The molecule has 25 heavy (non-hydrogen) atoms. The summed E-state index contributed by atoms with van der Waals surface area (Å²) in [6, 6.07) is 12.7. The van der Waals surface area contributed by atoms with Gasteiger partial charge >= 0.3 is 5.97 Å². The SMILES string of the molecule is CC(OC(=O)CN1C(=O)c2ccccc2S1(=O)=O)c1ccccc1Cl. The minimum absolute atomic E-state index is 0.0504. The first-order chi connectivity index (χ1) is 11.8. The number of rotatable bonds is 4. The van der Waals surface area contributed by atoms with Gasteiger partial charge in [-0.2, -0.15) is 0 Å². The van der Waals surface area contributed by atoms with Crippen molar-refractivity contribution in [3.63, 3.8) is 0 Å². The summed E-state index contributed by atoms with van der Waals surface area (Å²) in [6.45, 7) is 0.929. The van der Waals surface area contributed by atoms with Gasteiger partial charge in [0.05, 0.1) is 5.56 Å². The van der Waals surface area contributed by atoms with Gasteiger partial charge in [0.1, 0.15) is 17.5 Å². The first kappa shape index (κ1) is 17.4. The highest BCUT2D eigenvalue weighted by Gasteiger charge is 2.42. The lowest BCUT2D eigenvalue weighted by Gasteiger charge is -2.18. The summed E-state index contributed by atoms with van der Waals surface area (Å²) in [5.74, 6) is -1.57. The normalized spacial score (nSPS) is 16.4. The van der Waals surface area contributed by atoms with Crippen molar-refractivity contribution < 1.29 is 22.7 Å². The molecule has 0 fully saturated rings. The van der Waals surface area contributed by atoms with E-state index in [4.69, 9.17) is 16.3 Å². The highest BCUT2D eigenvalue weighted by molar-refractivity contribution is 7.90. The van der Waals surface area contributed by atoms with Gasteiger partial charge in [-0.25, -0.2) is 12.7 Å². The average Bonchev–Trinajstić information content (AvgIpc) is 2.76. The van der Waals surface area contributed by atoms with Gasteiger partial charge in [0.15, 0.2) is 0 Å². The molecule has 0 saturated carbocycles. The molecule has 0 aromatic heterocycles. The zero-order valence-electron chi connectivity index (χ0n) is 13.2. The molecule has 1 unspecified atom stereocenters. The second-order valence-electron chi connectivity index (χ2n) is 5.47. The first-order valence-corrected chi connectivity index (χ1v) is 9.24. The largest absolute Gasteiger partial charge is 0.456 e. The fourth-order valence-electron chi connectivity index (χ4n) is 2.61. The predicted molar refractivity (Wildman–Crippen MR) is 90.6 cm³/mol. The van der Waals surface area contributed by atoms with Gasteiger partial charge in [0.2, 0.25) is 0 Å². The number of hydrogen-bond acceptors (Lipinski definition) is 5. The van der Waals surface area contributed by atoms with E-state index < -0.39 is 34.5 Å². The van der Waals surface area contributed by atoms with E-state index in [0.717, 1.165) is 0 Å². The molecule has 8 heteroatoms. The van der Waals surface area contributed by atoms with Crippen LogP contribution in [0.5, 0.6) is 0 Å².